The van der Waals surface area contributed by atoms with E-state index in [1.807, 2.05) is 0 Å². The lowest BCUT2D eigenvalue weighted by Crippen LogP contribution is -2.65. The van der Waals surface area contributed by atoms with E-state index in [0.717, 1.165) is 9.80 Å². The number of primary amides is 1. The maximum Gasteiger partial charge on any atom is 0.329 e. The van der Waals surface area contributed by atoms with Crippen molar-refractivity contribution in [3.05, 3.63) is 65.7 Å². The average Bonchev–Trinajstić information content (AvgIpc) is 3.32. The van der Waals surface area contributed by atoms with Crippen molar-refractivity contribution in [2.45, 2.75) is 155 Å². The van der Waals surface area contributed by atoms with Crippen LogP contribution in [-0.2, 0) is 55.9 Å². The Hall–Kier alpha value is -6.57. The van der Waals surface area contributed by atoms with Crippen molar-refractivity contribution >= 4 is 53.2 Å². The number of cyclic esters (lactones) is 1. The predicted octanol–water partition coefficient (Wildman–Crippen LogP) is 1.97. The number of amides is 8. The summed E-state index contributed by atoms with van der Waals surface area (Å²) in [5.41, 5.74) is 6.37. The van der Waals surface area contributed by atoms with E-state index in [9.17, 15) is 48.6 Å². The quantitative estimate of drug-likeness (QED) is 0.0834. The second kappa shape index (κ2) is 26.6. The summed E-state index contributed by atoms with van der Waals surface area (Å²) in [6.07, 6.45) is -2.80. The van der Waals surface area contributed by atoms with Gasteiger partial charge < -0.3 is 57.1 Å². The van der Waals surface area contributed by atoms with Gasteiger partial charge in [0.1, 0.15) is 60.1 Å². The summed E-state index contributed by atoms with van der Waals surface area (Å²) in [4.78, 5) is 129. The van der Waals surface area contributed by atoms with Crippen LogP contribution in [0.25, 0.3) is 0 Å². The number of carbonyl (C=O) groups excluding carboxylic acids is 9. The Morgan fingerprint density at radius 3 is 2.07 bits per heavy atom. The number of piperidine rings is 1. The monoisotopic (exact) mass is 991 g/mol. The van der Waals surface area contributed by atoms with Crippen molar-refractivity contribution in [3.8, 4) is 5.75 Å². The molecule has 8 amide bonds. The number of urea groups is 1. The first-order valence-electron chi connectivity index (χ1n) is 24.6. The average molecular weight is 991 g/mol. The van der Waals surface area contributed by atoms with Gasteiger partial charge >= 0.3 is 12.0 Å². The molecule has 2 saturated heterocycles. The second-order valence-electron chi connectivity index (χ2n) is 19.6. The fourth-order valence-corrected chi connectivity index (χ4v) is 8.70. The molecule has 71 heavy (non-hydrogen) atoms. The number of carbonyl (C=O) groups is 9. The third-order valence-corrected chi connectivity index (χ3v) is 13.2. The summed E-state index contributed by atoms with van der Waals surface area (Å²) in [7, 11) is 1.38. The highest BCUT2D eigenvalue weighted by molar-refractivity contribution is 5.98. The highest BCUT2D eigenvalue weighted by Gasteiger charge is 2.46. The number of likely N-dealkylation sites (N-methyl/N-ethyl adjacent to an activating group) is 1. The van der Waals surface area contributed by atoms with E-state index < -0.39 is 114 Å². The number of phenols is 1. The first-order chi connectivity index (χ1) is 33.5. The van der Waals surface area contributed by atoms with Gasteiger partial charge in [0.05, 0.1) is 0 Å². The highest BCUT2D eigenvalue weighted by Crippen LogP contribution is 2.26. The van der Waals surface area contributed by atoms with E-state index >= 15 is 4.79 Å². The Bertz CT molecular complexity index is 2190. The summed E-state index contributed by atoms with van der Waals surface area (Å²) < 4.78 is 5.99. The molecule has 0 aromatic heterocycles. The second-order valence-corrected chi connectivity index (χ2v) is 19.6. The maximum atomic E-state index is 15.1. The maximum absolute atomic E-state index is 15.1. The van der Waals surface area contributed by atoms with Crippen LogP contribution in [0.15, 0.2) is 54.6 Å². The molecule has 20 nitrogen and oxygen atoms in total. The van der Waals surface area contributed by atoms with Gasteiger partial charge in [0, 0.05) is 44.7 Å². The third kappa shape index (κ3) is 16.2. The molecule has 2 aliphatic heterocycles. The smallest absolute Gasteiger partial charge is 0.329 e. The number of nitrogens with one attached hydrogen (secondary N) is 5. The van der Waals surface area contributed by atoms with Crippen molar-refractivity contribution in [2.24, 2.45) is 29.4 Å². The molecule has 2 fully saturated rings. The number of ketones is 1. The van der Waals surface area contributed by atoms with E-state index in [0.29, 0.717) is 17.5 Å². The van der Waals surface area contributed by atoms with Crippen molar-refractivity contribution in [1.29, 1.82) is 0 Å². The summed E-state index contributed by atoms with van der Waals surface area (Å²) >= 11 is 0. The van der Waals surface area contributed by atoms with Gasteiger partial charge in [0.2, 0.25) is 35.4 Å². The topological polar surface area (TPSA) is 296 Å². The number of ether oxygens (including phenoxy) is 1. The lowest BCUT2D eigenvalue weighted by Gasteiger charge is -2.43. The summed E-state index contributed by atoms with van der Waals surface area (Å²) in [6, 6.07) is 5.51. The van der Waals surface area contributed by atoms with Crippen molar-refractivity contribution < 1.29 is 58.1 Å². The molecule has 2 aromatic carbocycles. The van der Waals surface area contributed by atoms with E-state index in [1.54, 1.807) is 84.0 Å². The number of hydrogen-bond acceptors (Lipinski definition) is 12. The van der Waals surface area contributed by atoms with Gasteiger partial charge in [-0.3, -0.25) is 33.6 Å². The number of aliphatic hydroxyl groups excluding tert-OH is 1. The van der Waals surface area contributed by atoms with Crippen LogP contribution in [0.2, 0.25) is 0 Å². The number of Topliss-reactive ketones (excluding diaryl/α,β-unsaturated/α-hetero) is 1. The highest BCUT2D eigenvalue weighted by atomic mass is 16.5. The first-order valence-corrected chi connectivity index (χ1v) is 24.6. The standard InChI is InChI=1S/C51H74N8O12/c1-9-30(6)42-50(69)71-31(7)43(57-44(63)34(27-40(61)29(4)5)16-13-23-53-51(52)70)47(66)55-37(24-28(2)3)45(64)54-36-21-22-41(62)59(48(36)67)39(26-32-14-11-10-12-15-32)49(68)58(8)38(46(65)56-42)25-33-17-19-35(60)20-18-33/h10-12,14-15,17-20,28-31,34,36-39,41-43,60,62H,9,13,16,21-27H2,1-8H3,(H,54,64)(H,55,66)(H,56,65)(H,57,63)(H3,52,53,70)/t30?,31-,34-,36?,37+,38+,39+,41+,42+,43+/m1/s1. The fourth-order valence-electron chi connectivity index (χ4n) is 8.70. The molecule has 10 atom stereocenters. The minimum absolute atomic E-state index is 0.0350. The number of nitrogens with two attached hydrogens (primary N) is 1. The van der Waals surface area contributed by atoms with Crippen molar-refractivity contribution in [1.82, 2.24) is 36.4 Å². The molecule has 0 spiro atoms. The van der Waals surface area contributed by atoms with Gasteiger partial charge in [0.25, 0.3) is 0 Å². The SMILES string of the molecule is CCC(C)[C@@H]1NC(=O)[C@H](Cc2ccc(O)cc2)N(C)C(=O)[C@H](Cc2ccccc2)N2C(=O)C(CC[C@@H]2O)NC(=O)[C@H](CC(C)C)NC(=O)[C@@H](NC(=O)[C@H](CCCNC(N)=O)CC(=O)C(C)C)[C@@H](C)OC1=O. The molecule has 2 aliphatic rings. The zero-order chi connectivity index (χ0) is 52.7. The third-order valence-electron chi connectivity index (χ3n) is 13.2. The van der Waals surface area contributed by atoms with Crippen LogP contribution in [0, 0.1) is 23.7 Å². The van der Waals surface area contributed by atoms with Crippen LogP contribution < -0.4 is 32.3 Å². The number of fused-ring (bicyclic) bond motifs is 2. The van der Waals surface area contributed by atoms with Crippen LogP contribution in [-0.4, -0.2) is 135 Å². The molecular weight excluding hydrogens is 917 g/mol. The lowest BCUT2D eigenvalue weighted by atomic mass is 9.91. The summed E-state index contributed by atoms with van der Waals surface area (Å²) in [5, 5.41) is 35.0. The molecule has 20 heteroatoms. The minimum atomic E-state index is -1.68. The number of hydrogen-bond donors (Lipinski definition) is 8. The van der Waals surface area contributed by atoms with E-state index in [-0.39, 0.29) is 75.4 Å². The molecule has 2 heterocycles. The predicted molar refractivity (Wildman–Crippen MR) is 261 cm³/mol. The number of benzene rings is 2. The molecule has 2 bridgehead atoms. The number of rotatable bonds is 17. The minimum Gasteiger partial charge on any atom is -0.508 e. The van der Waals surface area contributed by atoms with Gasteiger partial charge in [-0.15, -0.1) is 0 Å². The van der Waals surface area contributed by atoms with Crippen molar-refractivity contribution in [2.75, 3.05) is 13.6 Å². The van der Waals surface area contributed by atoms with Crippen molar-refractivity contribution in [3.63, 3.8) is 0 Å². The molecular formula is C51H74N8O12. The molecule has 2 unspecified atom stereocenters. The van der Waals surface area contributed by atoms with E-state index in [1.165, 1.54) is 26.1 Å². The number of aliphatic hydroxyl groups is 1. The molecule has 390 valence electrons. The fraction of sp³-hybridized carbons (Fsp3) is 0.588. The first kappa shape index (κ1) is 57.0. The largest absolute Gasteiger partial charge is 0.508 e. The summed E-state index contributed by atoms with van der Waals surface area (Å²) in [6.45, 7) is 11.9. The molecule has 2 aromatic rings. The normalized spacial score (nSPS) is 24.9. The van der Waals surface area contributed by atoms with E-state index in [2.05, 4.69) is 26.6 Å². The molecule has 0 saturated carbocycles. The van der Waals surface area contributed by atoms with Crippen LogP contribution in [0.4, 0.5) is 4.79 Å². The zero-order valence-corrected chi connectivity index (χ0v) is 42.1. The number of esters is 1. The van der Waals surface area contributed by atoms with Crippen LogP contribution in [0.5, 0.6) is 5.75 Å². The van der Waals surface area contributed by atoms with Crippen LogP contribution in [0.3, 0.4) is 0 Å². The number of phenolic OH excluding ortho intramolecular Hbond substituents is 1. The van der Waals surface area contributed by atoms with Gasteiger partial charge in [-0.25, -0.2) is 9.59 Å². The van der Waals surface area contributed by atoms with E-state index in [4.69, 9.17) is 10.5 Å². The molecule has 9 N–H and O–H groups in total. The number of nitrogens with zero attached hydrogens (tertiary/aromatic N) is 2. The summed E-state index contributed by atoms with van der Waals surface area (Å²) in [5.74, 6) is -8.34. The lowest BCUT2D eigenvalue weighted by molar-refractivity contribution is -0.165. The van der Waals surface area contributed by atoms with Crippen LogP contribution in [0.1, 0.15) is 105 Å². The van der Waals surface area contributed by atoms with Gasteiger partial charge in [-0.1, -0.05) is 90.4 Å². The number of aromatic hydroxyl groups is 1. The Morgan fingerprint density at radius 1 is 0.831 bits per heavy atom. The Morgan fingerprint density at radius 2 is 1.46 bits per heavy atom. The van der Waals surface area contributed by atoms with Crippen LogP contribution >= 0.6 is 0 Å². The Labute approximate surface area is 415 Å². The Balaban J connectivity index is 1.88. The van der Waals surface area contributed by atoms with Gasteiger partial charge in [-0.05, 0) is 74.1 Å². The molecule has 4 rings (SSSR count). The zero-order valence-electron chi connectivity index (χ0n) is 42.1. The van der Waals surface area contributed by atoms with Gasteiger partial charge in [0.15, 0.2) is 0 Å². The Kier molecular flexibility index (Phi) is 21.3. The van der Waals surface area contributed by atoms with Gasteiger partial charge in [-0.2, -0.15) is 0 Å². The molecule has 0 radical (unpaired) electrons. The molecule has 0 aliphatic carbocycles.